The van der Waals surface area contributed by atoms with Crippen LogP contribution >= 0.6 is 0 Å². The number of carbonyl (C=O) groups excluding carboxylic acids is 1. The number of fused-ring (bicyclic) bond motifs is 6. The minimum Gasteiger partial charge on any atom is -0.458 e. The van der Waals surface area contributed by atoms with Crippen LogP contribution in [-0.4, -0.2) is 71.0 Å². The van der Waals surface area contributed by atoms with Crippen molar-refractivity contribution < 1.29 is 27.3 Å². The molecule has 0 saturated carbocycles. The molecule has 1 unspecified atom stereocenters. The van der Waals surface area contributed by atoms with Gasteiger partial charge in [0, 0.05) is 6.08 Å². The first-order valence-corrected chi connectivity index (χ1v) is 10.6. The van der Waals surface area contributed by atoms with Crippen LogP contribution in [0.3, 0.4) is 0 Å². The van der Waals surface area contributed by atoms with Gasteiger partial charge in [-0.1, -0.05) is 26.8 Å². The molecule has 1 atom stereocenters. The van der Waals surface area contributed by atoms with Crippen LogP contribution in [0, 0.1) is 0 Å². The molecule has 3 aliphatic heterocycles. The van der Waals surface area contributed by atoms with Gasteiger partial charge >= 0.3 is 14.8 Å². The number of rotatable bonds is 7. The molecule has 3 heterocycles. The molecule has 0 amide bonds. The van der Waals surface area contributed by atoms with Gasteiger partial charge in [-0.25, -0.2) is 4.79 Å². The summed E-state index contributed by atoms with van der Waals surface area (Å²) in [6.07, 6.45) is 4.49. The van der Waals surface area contributed by atoms with Gasteiger partial charge in [-0.3, -0.25) is 0 Å². The zero-order valence-corrected chi connectivity index (χ0v) is 15.4. The Hall–Kier alpha value is -0.733. The Morgan fingerprint density at radius 3 is 2.57 bits per heavy atom. The lowest BCUT2D eigenvalue weighted by Crippen LogP contribution is -2.67. The molecule has 23 heavy (non-hydrogen) atoms. The summed E-state index contributed by atoms with van der Waals surface area (Å²) in [6, 6.07) is 0. The summed E-state index contributed by atoms with van der Waals surface area (Å²) in [7, 11) is -2.96. The van der Waals surface area contributed by atoms with Gasteiger partial charge < -0.3 is 22.5 Å². The Bertz CT molecular complexity index is 407. The van der Waals surface area contributed by atoms with Crippen LogP contribution in [0.5, 0.6) is 0 Å². The number of ether oxygens (including phenoxy) is 1. The molecule has 0 radical (unpaired) electrons. The van der Waals surface area contributed by atoms with Crippen molar-refractivity contribution in [2.45, 2.75) is 39.2 Å². The van der Waals surface area contributed by atoms with E-state index in [9.17, 15) is 4.79 Å². The largest absolute Gasteiger partial charge is 0.541 e. The zero-order valence-electron chi connectivity index (χ0n) is 14.4. The Morgan fingerprint density at radius 1 is 1.30 bits per heavy atom. The van der Waals surface area contributed by atoms with Gasteiger partial charge in [-0.05, 0) is 12.8 Å². The molecule has 7 heteroatoms. The summed E-state index contributed by atoms with van der Waals surface area (Å²) in [5.74, 6) is -0.463. The van der Waals surface area contributed by atoms with E-state index in [2.05, 4.69) is 20.4 Å². The predicted octanol–water partition coefficient (Wildman–Crippen LogP) is 1.67. The molecule has 0 aliphatic carbocycles. The van der Waals surface area contributed by atoms with Gasteiger partial charge in [-0.2, -0.15) is 0 Å². The van der Waals surface area contributed by atoms with Gasteiger partial charge in [0.1, 0.15) is 19.6 Å². The van der Waals surface area contributed by atoms with E-state index in [4.69, 9.17) is 18.0 Å². The maximum absolute atomic E-state index is 11.4. The van der Waals surface area contributed by atoms with E-state index in [-0.39, 0.29) is 12.3 Å². The fourth-order valence-corrected chi connectivity index (χ4v) is 5.79. The topological polar surface area (TPSA) is 54.0 Å². The van der Waals surface area contributed by atoms with Crippen LogP contribution in [0.4, 0.5) is 0 Å². The molecule has 2 bridgehead atoms. The lowest BCUT2D eigenvalue weighted by atomic mass is 10.1. The maximum Gasteiger partial charge on any atom is 0.541 e. The highest BCUT2D eigenvalue weighted by Gasteiger charge is 2.51. The Kier molecular flexibility index (Phi) is 6.79. The molecule has 0 aromatic heterocycles. The van der Waals surface area contributed by atoms with Gasteiger partial charge in [0.15, 0.2) is 6.23 Å². The monoisotopic (exact) mass is 344 g/mol. The molecule has 6 nitrogen and oxygen atoms in total. The third-order valence-electron chi connectivity index (χ3n) is 4.58. The van der Waals surface area contributed by atoms with Crippen molar-refractivity contribution in [3.63, 3.8) is 0 Å². The number of nitrogens with zero attached hydrogens (tertiary/aromatic N) is 1. The van der Waals surface area contributed by atoms with Crippen molar-refractivity contribution in [2.75, 3.05) is 45.6 Å². The molecule has 3 rings (SSSR count). The van der Waals surface area contributed by atoms with Gasteiger partial charge in [0.25, 0.3) is 0 Å². The minimum atomic E-state index is -2.96. The smallest absolute Gasteiger partial charge is 0.458 e. The molecule has 0 spiro atoms. The van der Waals surface area contributed by atoms with Crippen molar-refractivity contribution in [2.24, 2.45) is 0 Å². The van der Waals surface area contributed by atoms with E-state index in [0.29, 0.717) is 13.2 Å². The average molecular weight is 345 g/mol. The third kappa shape index (κ3) is 4.87. The quantitative estimate of drug-likeness (QED) is 0.304. The predicted molar refractivity (Wildman–Crippen MR) is 88.6 cm³/mol. The summed E-state index contributed by atoms with van der Waals surface area (Å²) in [4.78, 5) is 11.4. The highest BCUT2D eigenvalue weighted by Crippen LogP contribution is 2.26. The summed E-state index contributed by atoms with van der Waals surface area (Å²) in [5, 5.41) is 0. The van der Waals surface area contributed by atoms with Gasteiger partial charge in [0.2, 0.25) is 0 Å². The molecule has 3 saturated heterocycles. The van der Waals surface area contributed by atoms with Crippen LogP contribution < -0.4 is 0 Å². The van der Waals surface area contributed by atoms with E-state index in [1.165, 1.54) is 0 Å². The molecule has 0 N–H and O–H groups in total. The van der Waals surface area contributed by atoms with Crippen LogP contribution in [0.2, 0.25) is 0 Å². The van der Waals surface area contributed by atoms with E-state index in [1.54, 1.807) is 0 Å². The van der Waals surface area contributed by atoms with Crippen molar-refractivity contribution >= 4 is 14.8 Å². The molecule has 0 aromatic rings. The Morgan fingerprint density at radius 2 is 2.00 bits per heavy atom. The molecule has 3 fully saturated rings. The third-order valence-corrected chi connectivity index (χ3v) is 7.06. The maximum atomic E-state index is 11.4. The van der Waals surface area contributed by atoms with E-state index in [1.807, 2.05) is 0 Å². The number of hydrogen-bond acceptors (Lipinski definition) is 5. The highest BCUT2D eigenvalue weighted by atomic mass is 28.4. The highest BCUT2D eigenvalue weighted by molar-refractivity contribution is 6.60. The second-order valence-corrected chi connectivity index (χ2v) is 8.88. The van der Waals surface area contributed by atoms with Crippen LogP contribution in [-0.2, 0) is 22.8 Å². The summed E-state index contributed by atoms with van der Waals surface area (Å²) < 4.78 is 24.6. The normalized spacial score (nSPS) is 34.3. The van der Waals surface area contributed by atoms with Crippen LogP contribution in [0.15, 0.2) is 12.7 Å². The van der Waals surface area contributed by atoms with E-state index < -0.39 is 14.8 Å². The standard InChI is InChI=1S/C16H30NO5Si/c1-4-7-15-13-17(8-5-2)9-11-20-23(22-15,21-12-10-17)14-19-16(18)6-3/h6,15H,3-5,7-14H2,1-2H3/q+1. The number of esters is 1. The van der Waals surface area contributed by atoms with E-state index >= 15 is 0 Å². The summed E-state index contributed by atoms with van der Waals surface area (Å²) in [5.41, 5.74) is 0. The first-order chi connectivity index (χ1) is 11.1. The number of hydrogen-bond donors (Lipinski definition) is 0. The first-order valence-electron chi connectivity index (χ1n) is 8.67. The minimum absolute atomic E-state index is 0.0752. The van der Waals surface area contributed by atoms with E-state index in [0.717, 1.165) is 56.0 Å². The molecule has 132 valence electrons. The van der Waals surface area contributed by atoms with Gasteiger partial charge in [-0.15, -0.1) is 0 Å². The van der Waals surface area contributed by atoms with Gasteiger partial charge in [0.05, 0.1) is 25.9 Å². The first kappa shape index (κ1) is 18.6. The SMILES string of the molecule is C=CC(=O)OC[Si]12OCC[N+](CCC)(CCO1)CC(CCC)O2. The number of carbonyl (C=O) groups is 1. The summed E-state index contributed by atoms with van der Waals surface area (Å²) in [6.45, 7) is 13.1. The Balaban J connectivity index is 2.16. The van der Waals surface area contributed by atoms with Crippen LogP contribution in [0.25, 0.3) is 0 Å². The lowest BCUT2D eigenvalue weighted by Gasteiger charge is -2.47. The lowest BCUT2D eigenvalue weighted by molar-refractivity contribution is -0.933. The number of quaternary nitrogens is 1. The fraction of sp³-hybridized carbons (Fsp3) is 0.812. The van der Waals surface area contributed by atoms with Crippen molar-refractivity contribution in [3.8, 4) is 0 Å². The molecular formula is C16H30NO5Si+. The van der Waals surface area contributed by atoms with Crippen molar-refractivity contribution in [1.82, 2.24) is 0 Å². The summed E-state index contributed by atoms with van der Waals surface area (Å²) >= 11 is 0. The second kappa shape index (κ2) is 8.39. The van der Waals surface area contributed by atoms with Crippen molar-refractivity contribution in [3.05, 3.63) is 12.7 Å². The second-order valence-electron chi connectivity index (χ2n) is 6.42. The average Bonchev–Trinajstić information content (AvgIpc) is 2.48. The molecule has 0 aromatic carbocycles. The zero-order chi connectivity index (χ0) is 16.8. The molecular weight excluding hydrogens is 314 g/mol. The fourth-order valence-electron chi connectivity index (χ4n) is 3.51. The van der Waals surface area contributed by atoms with Crippen molar-refractivity contribution in [1.29, 1.82) is 0 Å². The Labute approximate surface area is 140 Å². The van der Waals surface area contributed by atoms with Crippen LogP contribution in [0.1, 0.15) is 33.1 Å². The molecule has 3 aliphatic rings.